The molecule has 81 heavy (non-hydrogen) atoms. The molecule has 0 saturated heterocycles. The largest absolute Gasteiger partial charge is 0.173 e. The van der Waals surface area contributed by atoms with E-state index >= 15 is 0 Å². The van der Waals surface area contributed by atoms with E-state index in [0.29, 0.717) is 0 Å². The molecule has 11 heteroatoms. The molecule has 0 spiro atoms. The molecule has 7 heterocycles. The zero-order valence-electron chi connectivity index (χ0n) is 49.6. The summed E-state index contributed by atoms with van der Waals surface area (Å²) in [7, 11) is 0. The summed E-state index contributed by atoms with van der Waals surface area (Å²) >= 11 is 12.6. The van der Waals surface area contributed by atoms with E-state index in [4.69, 9.17) is 17.5 Å². The van der Waals surface area contributed by atoms with Crippen molar-refractivity contribution in [2.45, 2.75) is 245 Å². The first kappa shape index (κ1) is 59.3. The fourth-order valence-electron chi connectivity index (χ4n) is 13.7. The van der Waals surface area contributed by atoms with Crippen molar-refractivity contribution in [3.05, 3.63) is 93.4 Å². The second kappa shape index (κ2) is 27.7. The Kier molecular flexibility index (Phi) is 20.3. The van der Waals surface area contributed by atoms with Crippen molar-refractivity contribution in [3.63, 3.8) is 0 Å². The number of aryl methyl sites for hydroxylation is 2. The lowest BCUT2D eigenvalue weighted by molar-refractivity contribution is 0.398. The molecule has 4 nitrogen and oxygen atoms in total. The monoisotopic (exact) mass is 1210 g/mol. The lowest BCUT2D eigenvalue weighted by Crippen LogP contribution is -2.25. The van der Waals surface area contributed by atoms with Crippen molar-refractivity contribution in [1.29, 1.82) is 0 Å². The maximum absolute atomic E-state index is 5.02. The number of aromatic nitrogens is 4. The van der Waals surface area contributed by atoms with E-state index in [0.717, 1.165) is 22.1 Å². The summed E-state index contributed by atoms with van der Waals surface area (Å²) in [6, 6.07) is 24.2. The van der Waals surface area contributed by atoms with Crippen LogP contribution in [0, 0.1) is 13.8 Å². The summed E-state index contributed by atoms with van der Waals surface area (Å²) in [5, 5.41) is 0. The van der Waals surface area contributed by atoms with Crippen LogP contribution in [0.4, 0.5) is 0 Å². The van der Waals surface area contributed by atoms with Gasteiger partial charge in [0.1, 0.15) is 22.1 Å². The Hall–Kier alpha value is -3.42. The molecule has 11 rings (SSSR count). The normalized spacial score (nSPS) is 14.0. The van der Waals surface area contributed by atoms with Crippen LogP contribution in [0.5, 0.6) is 0 Å². The van der Waals surface area contributed by atoms with E-state index in [2.05, 4.69) is 114 Å². The van der Waals surface area contributed by atoms with Crippen LogP contribution in [0.3, 0.4) is 0 Å². The number of hydrogen-bond acceptors (Lipinski definition) is 11. The Morgan fingerprint density at radius 3 is 1.20 bits per heavy atom. The lowest BCUT2D eigenvalue weighted by Gasteiger charge is -2.31. The molecule has 0 bridgehead atoms. The van der Waals surface area contributed by atoms with Gasteiger partial charge in [-0.3, -0.25) is 0 Å². The third-order valence-electron chi connectivity index (χ3n) is 18.4. The van der Waals surface area contributed by atoms with Gasteiger partial charge in [-0.1, -0.05) is 232 Å². The summed E-state index contributed by atoms with van der Waals surface area (Å²) in [5.74, 6) is 0. The summed E-state index contributed by atoms with van der Waals surface area (Å²) in [4.78, 5) is 14.0. The molecule has 0 atom stereocenters. The van der Waals surface area contributed by atoms with E-state index in [1.54, 1.807) is 11.1 Å². The van der Waals surface area contributed by atoms with Crippen molar-refractivity contribution in [2.24, 2.45) is 0 Å². The first-order valence-corrected chi connectivity index (χ1v) is 37.4. The second-order valence-electron chi connectivity index (χ2n) is 24.7. The van der Waals surface area contributed by atoms with Crippen LogP contribution in [-0.4, -0.2) is 17.5 Å². The molecule has 0 aliphatic heterocycles. The Morgan fingerprint density at radius 2 is 0.691 bits per heavy atom. The molecule has 0 radical (unpaired) electrons. The molecule has 2 aliphatic rings. The fraction of sp³-hybridized carbons (Fsp3) is 0.543. The number of rotatable bonds is 34. The summed E-state index contributed by atoms with van der Waals surface area (Å²) in [6.45, 7) is 13.8. The minimum absolute atomic E-state index is 0.0109. The van der Waals surface area contributed by atoms with Crippen LogP contribution < -0.4 is 0 Å². The van der Waals surface area contributed by atoms with Gasteiger partial charge in [0.15, 0.2) is 0 Å². The van der Waals surface area contributed by atoms with Crippen molar-refractivity contribution >= 4 is 102 Å². The van der Waals surface area contributed by atoms with Gasteiger partial charge in [0.05, 0.1) is 23.5 Å². The van der Waals surface area contributed by atoms with Crippen LogP contribution in [-0.2, 0) is 10.8 Å². The highest BCUT2D eigenvalue weighted by Crippen LogP contribution is 2.63. The molecule has 0 amide bonds. The zero-order valence-corrected chi connectivity index (χ0v) is 55.3. The SMILES string of the molecule is CCCCCCCCCCCCCCCCC1(CCCCCCCCCCCCCCCC)c2cc(-c3ccc(-c4ccc(-c5cc6c(s5)-c5sc(C)cc5C6(C)C)c5nsnc45)s3)sc2-c2sc(-c3ccc(C)c4nsnc34)cc21. The van der Waals surface area contributed by atoms with Gasteiger partial charge in [-0.25, -0.2) is 0 Å². The standard InChI is InChI=1S/C70H88N4S7/c1-7-9-11-13-15-17-19-21-23-25-27-29-31-33-41-70(42-34-32-30-28-26-24-22-20-18-16-14-12-10-8-2)54-45-59(50-36-35-47(3)61-62(50)72-80-71-61)78-67(54)68-55(70)46-60(79-68)57-40-39-56(76-57)49-37-38-51(64-63(49)73-81-74-64)58-44-53-66(77-58)65-52(69(53,5)6)43-48(4)75-65/h35-40,43-46H,7-34,41-42H2,1-6H3. The molecule has 0 unspecified atom stereocenters. The van der Waals surface area contributed by atoms with E-state index in [1.807, 2.05) is 45.3 Å². The maximum Gasteiger partial charge on any atom is 0.114 e. The molecule has 2 aliphatic carbocycles. The minimum Gasteiger partial charge on any atom is -0.173 e. The third-order valence-corrected chi connectivity index (χ3v) is 25.7. The average molecular weight is 1210 g/mol. The molecule has 0 saturated carbocycles. The van der Waals surface area contributed by atoms with Crippen LogP contribution in [0.2, 0.25) is 0 Å². The average Bonchev–Trinajstić information content (AvgIpc) is 3.53. The second-order valence-corrected chi connectivity index (χ2v) is 31.3. The third kappa shape index (κ3) is 12.9. The van der Waals surface area contributed by atoms with Crippen LogP contribution >= 0.6 is 80.1 Å². The first-order chi connectivity index (χ1) is 39.7. The van der Waals surface area contributed by atoms with Crippen LogP contribution in [0.1, 0.15) is 253 Å². The van der Waals surface area contributed by atoms with Crippen LogP contribution in [0.25, 0.3) is 82.7 Å². The molecule has 0 N–H and O–H groups in total. The molecular formula is C70H88N4S7. The highest BCUT2D eigenvalue weighted by Gasteiger charge is 2.46. The Labute approximate surface area is 514 Å². The maximum atomic E-state index is 5.02. The fourth-order valence-corrected chi connectivity index (χ4v) is 21.3. The molecule has 2 aromatic carbocycles. The van der Waals surface area contributed by atoms with Gasteiger partial charge in [0.2, 0.25) is 0 Å². The van der Waals surface area contributed by atoms with Gasteiger partial charge in [-0.05, 0) is 90.9 Å². The van der Waals surface area contributed by atoms with E-state index < -0.39 is 0 Å². The number of nitrogens with zero attached hydrogens (tertiary/aromatic N) is 4. The number of unbranched alkanes of at least 4 members (excludes halogenated alkanes) is 26. The number of thiophene rings is 5. The van der Waals surface area contributed by atoms with E-state index in [9.17, 15) is 0 Å². The van der Waals surface area contributed by atoms with Crippen molar-refractivity contribution in [1.82, 2.24) is 17.5 Å². The highest BCUT2D eigenvalue weighted by molar-refractivity contribution is 7.28. The smallest absolute Gasteiger partial charge is 0.114 e. The Morgan fingerprint density at radius 1 is 0.333 bits per heavy atom. The van der Waals surface area contributed by atoms with Crippen molar-refractivity contribution < 1.29 is 0 Å². The number of hydrogen-bond donors (Lipinski definition) is 0. The summed E-state index contributed by atoms with van der Waals surface area (Å²) in [6.07, 6.45) is 41.4. The van der Waals surface area contributed by atoms with E-state index in [-0.39, 0.29) is 10.8 Å². The highest BCUT2D eigenvalue weighted by atomic mass is 32.1. The predicted octanol–water partition coefficient (Wildman–Crippen LogP) is 25.6. The summed E-state index contributed by atoms with van der Waals surface area (Å²) < 4.78 is 19.7. The molecule has 9 aromatic rings. The lowest BCUT2D eigenvalue weighted by atomic mass is 9.71. The summed E-state index contributed by atoms with van der Waals surface area (Å²) in [5.41, 5.74) is 15.2. The van der Waals surface area contributed by atoms with Gasteiger partial charge in [0, 0.05) is 76.3 Å². The zero-order chi connectivity index (χ0) is 55.8. The molecule has 0 fully saturated rings. The van der Waals surface area contributed by atoms with Gasteiger partial charge >= 0.3 is 0 Å². The van der Waals surface area contributed by atoms with Gasteiger partial charge in [-0.15, -0.1) is 56.7 Å². The molecule has 430 valence electrons. The predicted molar refractivity (Wildman–Crippen MR) is 363 cm³/mol. The molecular weight excluding hydrogens is 1120 g/mol. The Balaban J connectivity index is 0.840. The van der Waals surface area contributed by atoms with Crippen molar-refractivity contribution in [2.75, 3.05) is 0 Å². The van der Waals surface area contributed by atoms with E-state index in [1.165, 1.54) is 298 Å². The minimum atomic E-state index is 0.0109. The number of benzene rings is 2. The molecule has 7 aromatic heterocycles. The first-order valence-electron chi connectivity index (χ1n) is 31.8. The number of fused-ring (bicyclic) bond motifs is 8. The van der Waals surface area contributed by atoms with Crippen molar-refractivity contribution in [3.8, 4) is 60.6 Å². The Bertz CT molecular complexity index is 3440. The van der Waals surface area contributed by atoms with Gasteiger partial charge in [-0.2, -0.15) is 17.5 Å². The van der Waals surface area contributed by atoms with Gasteiger partial charge in [0.25, 0.3) is 0 Å². The topological polar surface area (TPSA) is 51.6 Å². The van der Waals surface area contributed by atoms with Gasteiger partial charge < -0.3 is 0 Å². The van der Waals surface area contributed by atoms with Crippen LogP contribution in [0.15, 0.2) is 60.7 Å². The quantitative estimate of drug-likeness (QED) is 0.0377.